The van der Waals surface area contributed by atoms with Crippen molar-refractivity contribution < 1.29 is 13.2 Å². The van der Waals surface area contributed by atoms with Crippen molar-refractivity contribution in [1.82, 2.24) is 9.62 Å². The average molecular weight is 439 g/mol. The lowest BCUT2D eigenvalue weighted by Crippen LogP contribution is -2.48. The molecule has 1 aromatic rings. The number of rotatable bonds is 8. The summed E-state index contributed by atoms with van der Waals surface area (Å²) in [5.74, 6) is -0.226. The third kappa shape index (κ3) is 6.98. The molecule has 0 bridgehead atoms. The van der Waals surface area contributed by atoms with E-state index in [1.165, 1.54) is 22.0 Å². The molecule has 0 aromatic heterocycles. The van der Waals surface area contributed by atoms with Crippen molar-refractivity contribution >= 4 is 27.5 Å². The molecule has 1 aliphatic heterocycles. The lowest BCUT2D eigenvalue weighted by molar-refractivity contribution is -0.124. The van der Waals surface area contributed by atoms with Gasteiger partial charge in [-0.25, -0.2) is 8.42 Å². The summed E-state index contributed by atoms with van der Waals surface area (Å²) in [4.78, 5) is 12.8. The highest BCUT2D eigenvalue weighted by Gasteiger charge is 2.35. The maximum Gasteiger partial charge on any atom is 0.244 e. The second-order valence-corrected chi connectivity index (χ2v) is 10.0. The Morgan fingerprint density at radius 3 is 2.52 bits per heavy atom. The van der Waals surface area contributed by atoms with Gasteiger partial charge in [-0.05, 0) is 77.1 Å². The SMILES string of the molecule is CC(C)=CCC/C(C)=C/CN([C@@H]1CCCCNC1=O)S(=O)(=O)c1ccc(Cl)cc1. The summed E-state index contributed by atoms with van der Waals surface area (Å²) >= 11 is 5.92. The van der Waals surface area contributed by atoms with E-state index < -0.39 is 16.1 Å². The maximum atomic E-state index is 13.4. The smallest absolute Gasteiger partial charge is 0.244 e. The minimum Gasteiger partial charge on any atom is -0.355 e. The second kappa shape index (κ2) is 11.0. The second-order valence-electron chi connectivity index (χ2n) is 7.70. The summed E-state index contributed by atoms with van der Waals surface area (Å²) in [5.41, 5.74) is 2.37. The van der Waals surface area contributed by atoms with Gasteiger partial charge in [0.25, 0.3) is 0 Å². The number of hydrogen-bond donors (Lipinski definition) is 1. The van der Waals surface area contributed by atoms with Crippen LogP contribution in [0.4, 0.5) is 0 Å². The van der Waals surface area contributed by atoms with Crippen molar-refractivity contribution in [3.63, 3.8) is 0 Å². The van der Waals surface area contributed by atoms with Gasteiger partial charge in [0.1, 0.15) is 6.04 Å². The van der Waals surface area contributed by atoms with Crippen LogP contribution in [0.1, 0.15) is 52.9 Å². The molecule has 5 nitrogen and oxygen atoms in total. The minimum absolute atomic E-state index is 0.148. The Kier molecular flexibility index (Phi) is 8.93. The molecule has 1 aromatic carbocycles. The first-order valence-electron chi connectivity index (χ1n) is 10.1. The standard InChI is InChI=1S/C22H31ClN2O3S/c1-17(2)7-6-8-18(3)14-16-25(21-9-4-5-15-24-22(21)26)29(27,28)20-12-10-19(23)11-13-20/h7,10-14,21H,4-6,8-9,15-16H2,1-3H3,(H,24,26)/b18-14+/t21-/m1/s1. The molecule has 1 fully saturated rings. The van der Waals surface area contributed by atoms with Crippen LogP contribution in [0.15, 0.2) is 52.5 Å². The molecule has 0 radical (unpaired) electrons. The Balaban J connectivity index is 2.31. The number of hydrogen-bond acceptors (Lipinski definition) is 3. The number of allylic oxidation sites excluding steroid dienone is 3. The molecule has 29 heavy (non-hydrogen) atoms. The number of amides is 1. The Bertz CT molecular complexity index is 857. The fraction of sp³-hybridized carbons (Fsp3) is 0.500. The largest absolute Gasteiger partial charge is 0.355 e. The molecule has 160 valence electrons. The van der Waals surface area contributed by atoms with Crippen molar-refractivity contribution in [3.8, 4) is 0 Å². The molecule has 0 spiro atoms. The van der Waals surface area contributed by atoms with Gasteiger partial charge in [-0.15, -0.1) is 0 Å². The minimum atomic E-state index is -3.84. The summed E-state index contributed by atoms with van der Waals surface area (Å²) in [6.07, 6.45) is 8.04. The topological polar surface area (TPSA) is 66.5 Å². The molecule has 1 saturated heterocycles. The van der Waals surface area contributed by atoms with Crippen LogP contribution < -0.4 is 5.32 Å². The molecule has 1 N–H and O–H groups in total. The van der Waals surface area contributed by atoms with Crippen LogP contribution in [0.5, 0.6) is 0 Å². The van der Waals surface area contributed by atoms with E-state index >= 15 is 0 Å². The molecule has 7 heteroatoms. The van der Waals surface area contributed by atoms with Crippen LogP contribution in [0.25, 0.3) is 0 Å². The van der Waals surface area contributed by atoms with Gasteiger partial charge in [-0.3, -0.25) is 4.79 Å². The van der Waals surface area contributed by atoms with E-state index in [1.54, 1.807) is 12.1 Å². The van der Waals surface area contributed by atoms with E-state index in [2.05, 4.69) is 25.2 Å². The van der Waals surface area contributed by atoms with Crippen LogP contribution in [-0.4, -0.2) is 37.8 Å². The van der Waals surface area contributed by atoms with Gasteiger partial charge in [-0.2, -0.15) is 4.31 Å². The normalized spacial score (nSPS) is 18.3. The summed E-state index contributed by atoms with van der Waals surface area (Å²) in [6.45, 7) is 6.87. The predicted molar refractivity (Wildman–Crippen MR) is 118 cm³/mol. The molecule has 0 saturated carbocycles. The Labute approximate surface area is 179 Å². The maximum absolute atomic E-state index is 13.4. The molecule has 0 unspecified atom stereocenters. The van der Waals surface area contributed by atoms with E-state index in [1.807, 2.05) is 13.0 Å². The van der Waals surface area contributed by atoms with E-state index in [0.717, 1.165) is 31.3 Å². The van der Waals surface area contributed by atoms with Crippen molar-refractivity contribution in [2.75, 3.05) is 13.1 Å². The number of sulfonamides is 1. The molecule has 1 amide bonds. The van der Waals surface area contributed by atoms with E-state index in [0.29, 0.717) is 18.0 Å². The average Bonchev–Trinajstić information content (AvgIpc) is 2.86. The van der Waals surface area contributed by atoms with Crippen molar-refractivity contribution in [1.29, 1.82) is 0 Å². The van der Waals surface area contributed by atoms with Gasteiger partial charge in [-0.1, -0.05) is 34.9 Å². The quantitative estimate of drug-likeness (QED) is 0.598. The van der Waals surface area contributed by atoms with Gasteiger partial charge < -0.3 is 5.32 Å². The van der Waals surface area contributed by atoms with Crippen LogP contribution in [-0.2, 0) is 14.8 Å². The van der Waals surface area contributed by atoms with Crippen LogP contribution in [0, 0.1) is 0 Å². The fourth-order valence-corrected chi connectivity index (χ4v) is 4.95. The predicted octanol–water partition coefficient (Wildman–Crippen LogP) is 4.69. The summed E-state index contributed by atoms with van der Waals surface area (Å²) < 4.78 is 28.1. The zero-order chi connectivity index (χ0) is 21.4. The van der Waals surface area contributed by atoms with Crippen LogP contribution in [0.3, 0.4) is 0 Å². The first-order valence-corrected chi connectivity index (χ1v) is 11.9. The highest BCUT2D eigenvalue weighted by molar-refractivity contribution is 7.89. The number of carbonyl (C=O) groups excluding carboxylic acids is 1. The molecule has 0 aliphatic carbocycles. The number of carbonyl (C=O) groups is 1. The van der Waals surface area contributed by atoms with Crippen molar-refractivity contribution in [3.05, 3.63) is 52.6 Å². The number of nitrogens with one attached hydrogen (secondary N) is 1. The highest BCUT2D eigenvalue weighted by Crippen LogP contribution is 2.24. The number of benzene rings is 1. The zero-order valence-electron chi connectivity index (χ0n) is 17.4. The number of nitrogens with zero attached hydrogens (tertiary/aromatic N) is 1. The summed E-state index contributed by atoms with van der Waals surface area (Å²) in [6, 6.07) is 5.38. The van der Waals surface area contributed by atoms with Gasteiger partial charge >= 0.3 is 0 Å². The lowest BCUT2D eigenvalue weighted by Gasteiger charge is -2.28. The van der Waals surface area contributed by atoms with Gasteiger partial charge in [0.05, 0.1) is 4.90 Å². The summed E-state index contributed by atoms with van der Waals surface area (Å²) in [5, 5.41) is 3.32. The molecule has 1 heterocycles. The molecular formula is C22H31ClN2O3S. The molecule has 2 rings (SSSR count). The van der Waals surface area contributed by atoms with Crippen molar-refractivity contribution in [2.24, 2.45) is 0 Å². The molecular weight excluding hydrogens is 408 g/mol. The zero-order valence-corrected chi connectivity index (χ0v) is 19.0. The third-order valence-electron chi connectivity index (χ3n) is 4.99. The van der Waals surface area contributed by atoms with E-state index in [9.17, 15) is 13.2 Å². The summed E-state index contributed by atoms with van der Waals surface area (Å²) in [7, 11) is -3.84. The van der Waals surface area contributed by atoms with Crippen LogP contribution >= 0.6 is 11.6 Å². The van der Waals surface area contributed by atoms with Gasteiger partial charge in [0, 0.05) is 18.1 Å². The molecule has 1 atom stereocenters. The first kappa shape index (κ1) is 23.6. The van der Waals surface area contributed by atoms with Crippen LogP contribution in [0.2, 0.25) is 5.02 Å². The molecule has 1 aliphatic rings. The third-order valence-corrected chi connectivity index (χ3v) is 7.13. The van der Waals surface area contributed by atoms with Gasteiger partial charge in [0.15, 0.2) is 0 Å². The Morgan fingerprint density at radius 1 is 1.17 bits per heavy atom. The lowest BCUT2D eigenvalue weighted by atomic mass is 10.1. The monoisotopic (exact) mass is 438 g/mol. The van der Waals surface area contributed by atoms with Crippen molar-refractivity contribution in [2.45, 2.75) is 63.8 Å². The van der Waals surface area contributed by atoms with Gasteiger partial charge in [0.2, 0.25) is 15.9 Å². The number of halogens is 1. The first-order chi connectivity index (χ1) is 13.7. The highest BCUT2D eigenvalue weighted by atomic mass is 35.5. The fourth-order valence-electron chi connectivity index (χ4n) is 3.27. The van der Waals surface area contributed by atoms with E-state index in [-0.39, 0.29) is 17.3 Å². The Morgan fingerprint density at radius 2 is 1.86 bits per heavy atom. The van der Waals surface area contributed by atoms with E-state index in [4.69, 9.17) is 11.6 Å². The Hall–Kier alpha value is -1.63.